The van der Waals surface area contributed by atoms with Gasteiger partial charge in [-0.15, -0.1) is 21.5 Å². The van der Waals surface area contributed by atoms with Crippen molar-refractivity contribution in [1.82, 2.24) is 0 Å². The number of hydrogen-bond donors (Lipinski definition) is 0. The van der Waals surface area contributed by atoms with Crippen LogP contribution in [0.1, 0.15) is 0 Å². The van der Waals surface area contributed by atoms with E-state index in [4.69, 9.17) is 0 Å². The minimum atomic E-state index is 0. The Morgan fingerprint density at radius 2 is 0.759 bits per heavy atom. The largest absolute Gasteiger partial charge is 2.00 e. The molecule has 0 aliphatic heterocycles. The zero-order chi connectivity index (χ0) is 18.8. The molecule has 0 aliphatic carbocycles. The number of benzene rings is 6. The van der Waals surface area contributed by atoms with Crippen LogP contribution in [0.3, 0.4) is 0 Å². The van der Waals surface area contributed by atoms with Crippen LogP contribution in [0.2, 0.25) is 0 Å². The maximum absolute atomic E-state index is 3.13. The summed E-state index contributed by atoms with van der Waals surface area (Å²) in [7, 11) is 0. The number of rotatable bonds is 0. The van der Waals surface area contributed by atoms with Gasteiger partial charge in [-0.1, -0.05) is 83.6 Å². The van der Waals surface area contributed by atoms with E-state index in [1.54, 1.807) is 0 Å². The number of fused-ring (bicyclic) bond motifs is 6. The summed E-state index contributed by atoms with van der Waals surface area (Å²) in [5.41, 5.74) is 0. The smallest absolute Gasteiger partial charge is 0.183 e. The van der Waals surface area contributed by atoms with Crippen molar-refractivity contribution in [2.24, 2.45) is 0 Å². The molecule has 0 nitrogen and oxygen atoms in total. The van der Waals surface area contributed by atoms with Crippen LogP contribution in [-0.4, -0.2) is 10.1 Å². The molecule has 6 aromatic carbocycles. The summed E-state index contributed by atoms with van der Waals surface area (Å²) in [6, 6.07) is 44.0. The van der Waals surface area contributed by atoms with Gasteiger partial charge in [0, 0.05) is 0 Å². The third-order valence-electron chi connectivity index (χ3n) is 5.18. The van der Waals surface area contributed by atoms with Crippen LogP contribution in [0, 0.1) is 12.1 Å². The van der Waals surface area contributed by atoms with Gasteiger partial charge in [0.15, 0.2) is 0 Å². The normalized spacial score (nSPS) is 10.5. The fourth-order valence-electron chi connectivity index (χ4n) is 3.78. The molecule has 0 radical (unpaired) electrons. The SMILES string of the molecule is [Be+2].[c-]1ccc2ccc3ccccc3c2c1.[c-]1ccc2ccc3ccccc3c2c1. The summed E-state index contributed by atoms with van der Waals surface area (Å²) < 4.78 is 0. The monoisotopic (exact) mass is 363 g/mol. The molecule has 6 rings (SSSR count). The fourth-order valence-corrected chi connectivity index (χ4v) is 3.78. The minimum absolute atomic E-state index is 0. The summed E-state index contributed by atoms with van der Waals surface area (Å²) in [6.45, 7) is 0. The zero-order valence-corrected chi connectivity index (χ0v) is 16.1. The van der Waals surface area contributed by atoms with Gasteiger partial charge in [-0.25, -0.2) is 0 Å². The molecular weight excluding hydrogens is 345 g/mol. The van der Waals surface area contributed by atoms with Gasteiger partial charge in [-0.2, -0.15) is 48.5 Å². The van der Waals surface area contributed by atoms with Crippen LogP contribution in [-0.2, 0) is 0 Å². The average molecular weight is 363 g/mol. The Morgan fingerprint density at radius 1 is 0.379 bits per heavy atom. The van der Waals surface area contributed by atoms with E-state index in [0.29, 0.717) is 0 Å². The van der Waals surface area contributed by atoms with Gasteiger partial charge in [0.25, 0.3) is 0 Å². The Labute approximate surface area is 174 Å². The maximum atomic E-state index is 3.13. The van der Waals surface area contributed by atoms with E-state index < -0.39 is 0 Å². The maximum Gasteiger partial charge on any atom is 2.00 e. The molecular formula is C28H18Be. The van der Waals surface area contributed by atoms with Crippen molar-refractivity contribution < 1.29 is 0 Å². The summed E-state index contributed by atoms with van der Waals surface area (Å²) in [5.74, 6) is 0. The molecule has 0 saturated carbocycles. The first-order chi connectivity index (χ1) is 13.9. The fraction of sp³-hybridized carbons (Fsp3) is 0. The quantitative estimate of drug-likeness (QED) is 0.152. The molecule has 6 aromatic rings. The van der Waals surface area contributed by atoms with Crippen molar-refractivity contribution in [1.29, 1.82) is 0 Å². The molecule has 0 aromatic heterocycles. The molecule has 0 bridgehead atoms. The first-order valence-corrected chi connectivity index (χ1v) is 9.45. The van der Waals surface area contributed by atoms with Gasteiger partial charge < -0.3 is 0 Å². The van der Waals surface area contributed by atoms with Crippen LogP contribution < -0.4 is 0 Å². The Bertz CT molecular complexity index is 1200. The second kappa shape index (κ2) is 8.27. The van der Waals surface area contributed by atoms with Gasteiger partial charge in [-0.05, 0) is 10.8 Å². The molecule has 0 fully saturated rings. The molecule has 0 aliphatic rings. The first-order valence-electron chi connectivity index (χ1n) is 9.45. The molecule has 0 heterocycles. The van der Waals surface area contributed by atoms with E-state index in [1.807, 2.05) is 12.1 Å². The van der Waals surface area contributed by atoms with Gasteiger partial charge in [-0.3, -0.25) is 0 Å². The third kappa shape index (κ3) is 3.63. The molecule has 0 unspecified atom stereocenters. The molecule has 0 N–H and O–H groups in total. The van der Waals surface area contributed by atoms with Crippen LogP contribution in [0.15, 0.2) is 109 Å². The molecule has 0 saturated heterocycles. The van der Waals surface area contributed by atoms with Crippen molar-refractivity contribution in [3.63, 3.8) is 0 Å². The Morgan fingerprint density at radius 3 is 1.21 bits per heavy atom. The Balaban J connectivity index is 0.000000137. The minimum Gasteiger partial charge on any atom is -0.183 e. The molecule has 0 spiro atoms. The van der Waals surface area contributed by atoms with Crippen LogP contribution in [0.5, 0.6) is 0 Å². The van der Waals surface area contributed by atoms with Gasteiger partial charge >= 0.3 is 10.1 Å². The van der Waals surface area contributed by atoms with Crippen LogP contribution in [0.4, 0.5) is 0 Å². The van der Waals surface area contributed by atoms with E-state index in [-0.39, 0.29) is 10.1 Å². The van der Waals surface area contributed by atoms with Crippen molar-refractivity contribution in [2.75, 3.05) is 0 Å². The van der Waals surface area contributed by atoms with Gasteiger partial charge in [0.05, 0.1) is 0 Å². The van der Waals surface area contributed by atoms with E-state index in [2.05, 4.69) is 109 Å². The van der Waals surface area contributed by atoms with Crippen molar-refractivity contribution in [2.45, 2.75) is 0 Å². The average Bonchev–Trinajstić information content (AvgIpc) is 2.79. The zero-order valence-electron chi connectivity index (χ0n) is 16.1. The Hall–Kier alpha value is -3.47. The van der Waals surface area contributed by atoms with Gasteiger partial charge in [0.2, 0.25) is 0 Å². The summed E-state index contributed by atoms with van der Waals surface area (Å²) >= 11 is 0. The summed E-state index contributed by atoms with van der Waals surface area (Å²) in [4.78, 5) is 0. The van der Waals surface area contributed by atoms with Crippen molar-refractivity contribution >= 4 is 53.2 Å². The van der Waals surface area contributed by atoms with Crippen molar-refractivity contribution in [3.8, 4) is 0 Å². The molecule has 0 amide bonds. The van der Waals surface area contributed by atoms with E-state index in [1.165, 1.54) is 43.1 Å². The summed E-state index contributed by atoms with van der Waals surface area (Å²) in [6.07, 6.45) is 0. The molecule has 132 valence electrons. The standard InChI is InChI=1S/2C14H9.Be/c2*1-3-7-13-11(5-1)9-10-12-6-2-4-8-14(12)13;/h2*1-3,5-10H;/q2*-1;+2. The van der Waals surface area contributed by atoms with E-state index >= 15 is 0 Å². The van der Waals surface area contributed by atoms with Crippen LogP contribution >= 0.6 is 0 Å². The molecule has 1 heteroatoms. The van der Waals surface area contributed by atoms with Gasteiger partial charge in [0.1, 0.15) is 0 Å². The number of hydrogen-bond acceptors (Lipinski definition) is 0. The molecule has 29 heavy (non-hydrogen) atoms. The van der Waals surface area contributed by atoms with Crippen molar-refractivity contribution in [3.05, 3.63) is 121 Å². The second-order valence-electron chi connectivity index (χ2n) is 6.87. The summed E-state index contributed by atoms with van der Waals surface area (Å²) in [5, 5.41) is 10.3. The van der Waals surface area contributed by atoms with E-state index in [9.17, 15) is 0 Å². The van der Waals surface area contributed by atoms with E-state index in [0.717, 1.165) is 0 Å². The Kier molecular flexibility index (Phi) is 5.38. The molecule has 0 atom stereocenters. The third-order valence-corrected chi connectivity index (χ3v) is 5.18. The predicted molar refractivity (Wildman–Crippen MR) is 126 cm³/mol. The van der Waals surface area contributed by atoms with Crippen LogP contribution in [0.25, 0.3) is 43.1 Å². The second-order valence-corrected chi connectivity index (χ2v) is 6.87. The topological polar surface area (TPSA) is 0 Å². The predicted octanol–water partition coefficient (Wildman–Crippen LogP) is 7.21. The first kappa shape index (κ1) is 18.9.